The molecule has 0 aliphatic heterocycles. The van der Waals surface area contributed by atoms with Crippen molar-refractivity contribution in [3.05, 3.63) is 52.8 Å². The van der Waals surface area contributed by atoms with Crippen LogP contribution < -0.4 is 0 Å². The van der Waals surface area contributed by atoms with E-state index in [0.29, 0.717) is 16.5 Å². The molecule has 0 fully saturated rings. The number of sulfonamides is 1. The van der Waals surface area contributed by atoms with Crippen LogP contribution in [0.1, 0.15) is 17.3 Å². The highest BCUT2D eigenvalue weighted by Gasteiger charge is 2.29. The van der Waals surface area contributed by atoms with Gasteiger partial charge in [-0.15, -0.1) is 0 Å². The zero-order chi connectivity index (χ0) is 18.2. The molecule has 1 aromatic carbocycles. The summed E-state index contributed by atoms with van der Waals surface area (Å²) in [6.07, 6.45) is 1.54. The van der Waals surface area contributed by atoms with Crippen molar-refractivity contribution in [2.24, 2.45) is 0 Å². The van der Waals surface area contributed by atoms with Crippen molar-refractivity contribution in [2.45, 2.75) is 25.3 Å². The van der Waals surface area contributed by atoms with Crippen LogP contribution in [0, 0.1) is 13.8 Å². The minimum atomic E-state index is -3.76. The molecule has 0 bridgehead atoms. The third-order valence-electron chi connectivity index (χ3n) is 3.66. The van der Waals surface area contributed by atoms with Crippen molar-refractivity contribution in [2.75, 3.05) is 7.05 Å². The smallest absolute Gasteiger partial charge is 0.248 e. The lowest BCUT2D eigenvalue weighted by Gasteiger charge is -2.14. The summed E-state index contributed by atoms with van der Waals surface area (Å²) in [4.78, 5) is 4.21. The summed E-state index contributed by atoms with van der Waals surface area (Å²) < 4.78 is 37.1. The Morgan fingerprint density at radius 1 is 1.28 bits per heavy atom. The summed E-state index contributed by atoms with van der Waals surface area (Å²) in [7, 11) is -2.31. The molecule has 0 N–H and O–H groups in total. The first-order valence-corrected chi connectivity index (χ1v) is 9.20. The molecule has 0 saturated carbocycles. The van der Waals surface area contributed by atoms with E-state index in [4.69, 9.17) is 20.5 Å². The molecule has 0 radical (unpaired) electrons. The Labute approximate surface area is 150 Å². The van der Waals surface area contributed by atoms with Crippen molar-refractivity contribution in [3.8, 4) is 11.3 Å². The predicted molar refractivity (Wildman–Crippen MR) is 91.6 cm³/mol. The van der Waals surface area contributed by atoms with Crippen LogP contribution in [0.4, 0.5) is 0 Å². The van der Waals surface area contributed by atoms with Gasteiger partial charge in [0.15, 0.2) is 11.5 Å². The maximum Gasteiger partial charge on any atom is 0.248 e. The van der Waals surface area contributed by atoms with Crippen LogP contribution in [0.5, 0.6) is 0 Å². The topological polar surface area (TPSA) is 89.4 Å². The van der Waals surface area contributed by atoms with Crippen LogP contribution in [0.2, 0.25) is 5.02 Å². The van der Waals surface area contributed by atoms with Crippen LogP contribution >= 0.6 is 11.6 Å². The van der Waals surface area contributed by atoms with Crippen molar-refractivity contribution in [1.82, 2.24) is 14.4 Å². The second-order valence-corrected chi connectivity index (χ2v) is 7.96. The number of aromatic nitrogens is 2. The Morgan fingerprint density at radius 3 is 2.68 bits per heavy atom. The molecule has 132 valence electrons. The summed E-state index contributed by atoms with van der Waals surface area (Å²) in [5.74, 6) is 1.03. The van der Waals surface area contributed by atoms with Gasteiger partial charge in [0.1, 0.15) is 10.6 Å². The summed E-state index contributed by atoms with van der Waals surface area (Å²) >= 11 is 5.97. The van der Waals surface area contributed by atoms with Gasteiger partial charge in [-0.2, -0.15) is 4.31 Å². The van der Waals surface area contributed by atoms with Gasteiger partial charge < -0.3 is 8.94 Å². The van der Waals surface area contributed by atoms with Crippen LogP contribution in [0.3, 0.4) is 0 Å². The molecule has 7 nitrogen and oxygen atoms in total. The summed E-state index contributed by atoms with van der Waals surface area (Å²) in [5, 5.41) is 4.27. The molecule has 2 aromatic heterocycles. The van der Waals surface area contributed by atoms with E-state index in [1.165, 1.54) is 13.2 Å². The fourth-order valence-corrected chi connectivity index (χ4v) is 4.03. The second-order valence-electron chi connectivity index (χ2n) is 5.54. The number of aryl methyl sites for hydroxylation is 2. The summed E-state index contributed by atoms with van der Waals surface area (Å²) in [5.41, 5.74) is 1.08. The van der Waals surface area contributed by atoms with Gasteiger partial charge in [0, 0.05) is 17.6 Å². The Morgan fingerprint density at radius 2 is 2.04 bits per heavy atom. The van der Waals surface area contributed by atoms with Gasteiger partial charge in [0.05, 0.1) is 12.7 Å². The highest BCUT2D eigenvalue weighted by Crippen LogP contribution is 2.26. The third kappa shape index (κ3) is 3.46. The SMILES string of the molecule is Cc1noc(C)c1S(=O)(=O)N(C)Cc1ncc(-c2cccc(Cl)c2)o1. The molecule has 0 unspecified atom stereocenters. The van der Waals surface area contributed by atoms with E-state index >= 15 is 0 Å². The van der Waals surface area contributed by atoms with Crippen LogP contribution in [0.15, 0.2) is 44.3 Å². The largest absolute Gasteiger partial charge is 0.439 e. The number of halogens is 1. The number of rotatable bonds is 5. The second kappa shape index (κ2) is 6.62. The molecule has 9 heteroatoms. The lowest BCUT2D eigenvalue weighted by atomic mass is 10.2. The predicted octanol–water partition coefficient (Wildman–Crippen LogP) is 3.42. The molecule has 0 aliphatic rings. The number of hydrogen-bond acceptors (Lipinski definition) is 6. The Bertz CT molecular complexity index is 991. The van der Waals surface area contributed by atoms with Gasteiger partial charge in [0.2, 0.25) is 15.9 Å². The Kier molecular flexibility index (Phi) is 4.68. The number of hydrogen-bond donors (Lipinski definition) is 0. The van der Waals surface area contributed by atoms with Crippen molar-refractivity contribution >= 4 is 21.6 Å². The van der Waals surface area contributed by atoms with Gasteiger partial charge in [-0.1, -0.05) is 28.9 Å². The standard InChI is InChI=1S/C16H16ClN3O4S/c1-10-16(11(2)24-19-10)25(21,22)20(3)9-15-18-8-14(23-15)12-5-4-6-13(17)7-12/h4-8H,9H2,1-3H3. The van der Waals surface area contributed by atoms with E-state index < -0.39 is 10.0 Å². The lowest BCUT2D eigenvalue weighted by molar-refractivity contribution is 0.386. The zero-order valence-electron chi connectivity index (χ0n) is 13.9. The maximum absolute atomic E-state index is 12.7. The Balaban J connectivity index is 1.83. The molecular formula is C16H16ClN3O4S. The fourth-order valence-electron chi connectivity index (χ4n) is 2.43. The van der Waals surface area contributed by atoms with E-state index in [1.807, 2.05) is 6.07 Å². The normalized spacial score (nSPS) is 12.0. The number of benzene rings is 1. The van der Waals surface area contributed by atoms with Crippen molar-refractivity contribution in [3.63, 3.8) is 0 Å². The fraction of sp³-hybridized carbons (Fsp3) is 0.250. The van der Waals surface area contributed by atoms with E-state index in [0.717, 1.165) is 9.87 Å². The first-order valence-electron chi connectivity index (χ1n) is 7.39. The van der Waals surface area contributed by atoms with E-state index in [-0.39, 0.29) is 23.1 Å². The summed E-state index contributed by atoms with van der Waals surface area (Å²) in [6, 6.07) is 7.14. The van der Waals surface area contributed by atoms with Gasteiger partial charge >= 0.3 is 0 Å². The van der Waals surface area contributed by atoms with E-state index in [2.05, 4.69) is 10.1 Å². The van der Waals surface area contributed by atoms with E-state index in [9.17, 15) is 8.42 Å². The molecule has 2 heterocycles. The molecule has 0 amide bonds. The average molecular weight is 382 g/mol. The molecule has 0 aliphatic carbocycles. The molecular weight excluding hydrogens is 366 g/mol. The zero-order valence-corrected chi connectivity index (χ0v) is 15.4. The molecule has 0 spiro atoms. The van der Waals surface area contributed by atoms with Gasteiger partial charge in [-0.05, 0) is 26.0 Å². The first-order chi connectivity index (χ1) is 11.8. The van der Waals surface area contributed by atoms with Gasteiger partial charge in [0.25, 0.3) is 0 Å². The van der Waals surface area contributed by atoms with Crippen molar-refractivity contribution in [1.29, 1.82) is 0 Å². The highest BCUT2D eigenvalue weighted by atomic mass is 35.5. The van der Waals surface area contributed by atoms with Gasteiger partial charge in [-0.3, -0.25) is 0 Å². The average Bonchev–Trinajstić information content (AvgIpc) is 3.14. The third-order valence-corrected chi connectivity index (χ3v) is 5.94. The maximum atomic E-state index is 12.7. The number of nitrogens with zero attached hydrogens (tertiary/aromatic N) is 3. The quantitative estimate of drug-likeness (QED) is 0.672. The Hall–Kier alpha value is -2.16. The molecule has 3 aromatic rings. The molecule has 0 saturated heterocycles. The monoisotopic (exact) mass is 381 g/mol. The number of oxazole rings is 1. The van der Waals surface area contributed by atoms with Crippen LogP contribution in [0.25, 0.3) is 11.3 Å². The van der Waals surface area contributed by atoms with Crippen LogP contribution in [-0.2, 0) is 16.6 Å². The minimum Gasteiger partial charge on any atom is -0.439 e. The molecule has 25 heavy (non-hydrogen) atoms. The highest BCUT2D eigenvalue weighted by molar-refractivity contribution is 7.89. The lowest BCUT2D eigenvalue weighted by Crippen LogP contribution is -2.27. The molecule has 3 rings (SSSR count). The molecule has 0 atom stereocenters. The van der Waals surface area contributed by atoms with Gasteiger partial charge in [-0.25, -0.2) is 13.4 Å². The van der Waals surface area contributed by atoms with E-state index in [1.54, 1.807) is 32.0 Å². The summed E-state index contributed by atoms with van der Waals surface area (Å²) in [6.45, 7) is 3.12. The minimum absolute atomic E-state index is 0.0209. The van der Waals surface area contributed by atoms with Crippen molar-refractivity contribution < 1.29 is 17.4 Å². The first kappa shape index (κ1) is 17.7. The van der Waals surface area contributed by atoms with Crippen LogP contribution in [-0.4, -0.2) is 29.9 Å².